The first kappa shape index (κ1) is 18.1. The number of hydrogen-bond donors (Lipinski definition) is 2. The zero-order valence-electron chi connectivity index (χ0n) is 17.2. The summed E-state index contributed by atoms with van der Waals surface area (Å²) >= 11 is 0. The fourth-order valence-corrected chi connectivity index (χ4v) is 5.51. The summed E-state index contributed by atoms with van der Waals surface area (Å²) in [4.78, 5) is 40.6. The number of carbonyl (C=O) groups excluding carboxylic acids is 2. The maximum absolute atomic E-state index is 13.7. The molecule has 6 heteroatoms. The monoisotopic (exact) mass is 412 g/mol. The van der Waals surface area contributed by atoms with Crippen LogP contribution in [0.15, 0.2) is 69.0 Å². The second-order valence-corrected chi connectivity index (χ2v) is 9.30. The van der Waals surface area contributed by atoms with Gasteiger partial charge in [-0.25, -0.2) is 4.79 Å². The van der Waals surface area contributed by atoms with E-state index in [0.29, 0.717) is 52.0 Å². The molecule has 0 fully saturated rings. The number of hydrogen-bond acceptors (Lipinski definition) is 5. The van der Waals surface area contributed by atoms with Crippen LogP contribution in [0.25, 0.3) is 11.0 Å². The average molecular weight is 412 g/mol. The van der Waals surface area contributed by atoms with Gasteiger partial charge in [0.15, 0.2) is 5.78 Å². The summed E-state index contributed by atoms with van der Waals surface area (Å²) in [6, 6.07) is 14.5. The second-order valence-electron chi connectivity index (χ2n) is 9.30. The SMILES string of the molecule is CC1(C)CC(=O)C2=C(C1)Nc1c(c(=O)oc3ccccc13)C21C(=O)Nc2ccccc21. The summed E-state index contributed by atoms with van der Waals surface area (Å²) in [5.74, 6) is -0.511. The molecule has 3 heterocycles. The summed E-state index contributed by atoms with van der Waals surface area (Å²) in [6.45, 7) is 4.08. The van der Waals surface area contributed by atoms with Crippen LogP contribution >= 0.6 is 0 Å². The molecule has 0 saturated heterocycles. The molecule has 0 saturated carbocycles. The van der Waals surface area contributed by atoms with E-state index in [1.807, 2.05) is 44.2 Å². The highest BCUT2D eigenvalue weighted by atomic mass is 16.4. The average Bonchev–Trinajstić information content (AvgIpc) is 2.99. The Kier molecular flexibility index (Phi) is 3.35. The number of ketones is 1. The summed E-state index contributed by atoms with van der Waals surface area (Å²) in [5.41, 5.74) is 1.06. The van der Waals surface area contributed by atoms with Gasteiger partial charge in [-0.3, -0.25) is 9.59 Å². The third kappa shape index (κ3) is 2.19. The normalized spacial score (nSPS) is 23.3. The van der Waals surface area contributed by atoms with Crippen LogP contribution in [-0.4, -0.2) is 11.7 Å². The molecule has 2 aliphatic heterocycles. The number of para-hydroxylation sites is 2. The van der Waals surface area contributed by atoms with Gasteiger partial charge in [0.05, 0.1) is 11.3 Å². The van der Waals surface area contributed by atoms with Crippen LogP contribution in [0.3, 0.4) is 0 Å². The van der Waals surface area contributed by atoms with E-state index in [2.05, 4.69) is 10.6 Å². The molecule has 6 rings (SSSR count). The van der Waals surface area contributed by atoms with Gasteiger partial charge in [-0.1, -0.05) is 44.2 Å². The molecular formula is C25H20N2O4. The van der Waals surface area contributed by atoms with Crippen molar-refractivity contribution < 1.29 is 14.0 Å². The highest BCUT2D eigenvalue weighted by Gasteiger charge is 2.60. The number of rotatable bonds is 0. The quantitative estimate of drug-likeness (QED) is 0.543. The van der Waals surface area contributed by atoms with E-state index in [-0.39, 0.29) is 22.7 Å². The Morgan fingerprint density at radius 1 is 0.903 bits per heavy atom. The van der Waals surface area contributed by atoms with Crippen LogP contribution in [0.5, 0.6) is 0 Å². The van der Waals surface area contributed by atoms with Crippen molar-refractivity contribution in [1.29, 1.82) is 0 Å². The molecule has 154 valence electrons. The first-order valence-corrected chi connectivity index (χ1v) is 10.3. The van der Waals surface area contributed by atoms with Gasteiger partial charge in [0, 0.05) is 34.3 Å². The number of carbonyl (C=O) groups is 2. The van der Waals surface area contributed by atoms with Gasteiger partial charge in [-0.15, -0.1) is 0 Å². The van der Waals surface area contributed by atoms with Gasteiger partial charge in [0.2, 0.25) is 5.91 Å². The Bertz CT molecular complexity index is 1430. The Hall–Kier alpha value is -3.67. The van der Waals surface area contributed by atoms with Crippen molar-refractivity contribution in [1.82, 2.24) is 0 Å². The Labute approximate surface area is 178 Å². The third-order valence-electron chi connectivity index (χ3n) is 6.63. The van der Waals surface area contributed by atoms with Gasteiger partial charge >= 0.3 is 5.63 Å². The number of amides is 1. The van der Waals surface area contributed by atoms with Crippen LogP contribution in [0.1, 0.15) is 37.8 Å². The van der Waals surface area contributed by atoms with Gasteiger partial charge in [0.1, 0.15) is 11.0 Å². The van der Waals surface area contributed by atoms with Crippen molar-refractivity contribution in [2.24, 2.45) is 5.41 Å². The van der Waals surface area contributed by atoms with Crippen LogP contribution in [0.4, 0.5) is 11.4 Å². The van der Waals surface area contributed by atoms with Gasteiger partial charge in [0.25, 0.3) is 0 Å². The van der Waals surface area contributed by atoms with E-state index in [1.54, 1.807) is 18.2 Å². The standard InChI is InChI=1S/C25H20N2O4/c1-24(2)11-16-19(17(28)12-24)25(14-8-4-5-9-15(14)27-23(25)30)20-21(26-16)13-7-3-6-10-18(13)31-22(20)29/h3-10,26H,11-12H2,1-2H3,(H,27,30). The smallest absolute Gasteiger partial charge is 0.343 e. The first-order valence-electron chi connectivity index (χ1n) is 10.3. The van der Waals surface area contributed by atoms with Crippen molar-refractivity contribution in [2.75, 3.05) is 10.6 Å². The minimum absolute atomic E-state index is 0.121. The maximum atomic E-state index is 13.7. The highest BCUT2D eigenvalue weighted by Crippen LogP contribution is 2.56. The minimum atomic E-state index is -1.52. The topological polar surface area (TPSA) is 88.4 Å². The Balaban J connectivity index is 1.82. The number of anilines is 2. The van der Waals surface area contributed by atoms with E-state index in [9.17, 15) is 14.4 Å². The van der Waals surface area contributed by atoms with E-state index in [4.69, 9.17) is 4.42 Å². The summed E-state index contributed by atoms with van der Waals surface area (Å²) in [6.07, 6.45) is 0.901. The van der Waals surface area contributed by atoms with Crippen molar-refractivity contribution in [2.45, 2.75) is 32.1 Å². The molecule has 0 bridgehead atoms. The molecule has 3 aromatic rings. The van der Waals surface area contributed by atoms with Gasteiger partial charge in [-0.05, 0) is 30.0 Å². The first-order chi connectivity index (χ1) is 14.8. The van der Waals surface area contributed by atoms with E-state index in [1.165, 1.54) is 0 Å². The lowest BCUT2D eigenvalue weighted by molar-refractivity contribution is -0.123. The second kappa shape index (κ2) is 5.72. The van der Waals surface area contributed by atoms with E-state index < -0.39 is 11.0 Å². The summed E-state index contributed by atoms with van der Waals surface area (Å²) in [7, 11) is 0. The Morgan fingerprint density at radius 2 is 1.65 bits per heavy atom. The molecule has 3 aliphatic rings. The van der Waals surface area contributed by atoms with Gasteiger partial charge in [-0.2, -0.15) is 0 Å². The third-order valence-corrected chi connectivity index (χ3v) is 6.63. The molecular weight excluding hydrogens is 392 g/mol. The number of Topliss-reactive ketones (excluding diaryl/α,β-unsaturated/α-hetero) is 1. The molecule has 1 amide bonds. The lowest BCUT2D eigenvalue weighted by Gasteiger charge is -2.43. The molecule has 1 aliphatic carbocycles. The fraction of sp³-hybridized carbons (Fsp3) is 0.240. The molecule has 6 nitrogen and oxygen atoms in total. The predicted molar refractivity (Wildman–Crippen MR) is 117 cm³/mol. The Morgan fingerprint density at radius 3 is 2.48 bits per heavy atom. The van der Waals surface area contributed by atoms with Crippen LogP contribution in [-0.2, 0) is 15.0 Å². The van der Waals surface area contributed by atoms with Crippen LogP contribution in [0.2, 0.25) is 0 Å². The predicted octanol–water partition coefficient (Wildman–Crippen LogP) is 4.10. The number of benzene rings is 2. The van der Waals surface area contributed by atoms with Crippen molar-refractivity contribution in [3.8, 4) is 0 Å². The lowest BCUT2D eigenvalue weighted by Crippen LogP contribution is -2.50. The molecule has 1 unspecified atom stereocenters. The number of fused-ring (bicyclic) bond motifs is 7. The zero-order valence-corrected chi connectivity index (χ0v) is 17.2. The van der Waals surface area contributed by atoms with Crippen molar-refractivity contribution >= 4 is 34.0 Å². The molecule has 2 N–H and O–H groups in total. The largest absolute Gasteiger partial charge is 0.422 e. The highest BCUT2D eigenvalue weighted by molar-refractivity contribution is 6.21. The van der Waals surface area contributed by atoms with Gasteiger partial charge < -0.3 is 15.1 Å². The van der Waals surface area contributed by atoms with E-state index >= 15 is 0 Å². The minimum Gasteiger partial charge on any atom is -0.422 e. The molecule has 1 spiro atoms. The molecule has 31 heavy (non-hydrogen) atoms. The molecule has 2 aromatic carbocycles. The van der Waals surface area contributed by atoms with Crippen LogP contribution < -0.4 is 16.3 Å². The number of nitrogens with one attached hydrogen (secondary N) is 2. The van der Waals surface area contributed by atoms with E-state index in [0.717, 1.165) is 0 Å². The zero-order chi connectivity index (χ0) is 21.5. The molecule has 1 aromatic heterocycles. The summed E-state index contributed by atoms with van der Waals surface area (Å²) < 4.78 is 5.66. The van der Waals surface area contributed by atoms with Crippen molar-refractivity contribution in [3.05, 3.63) is 81.3 Å². The van der Waals surface area contributed by atoms with Crippen LogP contribution in [0, 0.1) is 5.41 Å². The van der Waals surface area contributed by atoms with Crippen molar-refractivity contribution in [3.63, 3.8) is 0 Å². The fourth-order valence-electron chi connectivity index (χ4n) is 5.51. The molecule has 0 radical (unpaired) electrons. The number of allylic oxidation sites excluding steroid dienone is 1. The lowest BCUT2D eigenvalue weighted by atomic mass is 9.61. The summed E-state index contributed by atoms with van der Waals surface area (Å²) in [5, 5.41) is 7.01. The maximum Gasteiger partial charge on any atom is 0.343 e. The molecule has 1 atom stereocenters.